The SMILES string of the molecule is NC(=O)N1CCCCC(C(=O)O)C1. The van der Waals surface area contributed by atoms with E-state index < -0.39 is 17.9 Å². The van der Waals surface area contributed by atoms with E-state index in [9.17, 15) is 9.59 Å². The lowest BCUT2D eigenvalue weighted by molar-refractivity contribution is -0.142. The third-order valence-corrected chi connectivity index (χ3v) is 2.33. The Balaban J connectivity index is 2.59. The third kappa shape index (κ3) is 2.61. The van der Waals surface area contributed by atoms with Gasteiger partial charge in [-0.1, -0.05) is 6.42 Å². The number of likely N-dealkylation sites (tertiary alicyclic amines) is 1. The molecular weight excluding hydrogens is 172 g/mol. The fourth-order valence-corrected chi connectivity index (χ4v) is 1.54. The second-order valence-corrected chi connectivity index (χ2v) is 3.32. The summed E-state index contributed by atoms with van der Waals surface area (Å²) in [6, 6.07) is -0.520. The van der Waals surface area contributed by atoms with Crippen LogP contribution in [0.15, 0.2) is 0 Å². The Morgan fingerprint density at radius 1 is 1.38 bits per heavy atom. The van der Waals surface area contributed by atoms with Gasteiger partial charge in [0.15, 0.2) is 0 Å². The van der Waals surface area contributed by atoms with Gasteiger partial charge in [-0.3, -0.25) is 4.79 Å². The van der Waals surface area contributed by atoms with E-state index in [0.717, 1.165) is 12.8 Å². The largest absolute Gasteiger partial charge is 0.481 e. The van der Waals surface area contributed by atoms with Crippen molar-refractivity contribution in [2.45, 2.75) is 19.3 Å². The van der Waals surface area contributed by atoms with E-state index in [1.165, 1.54) is 4.90 Å². The smallest absolute Gasteiger partial charge is 0.314 e. The number of carbonyl (C=O) groups excluding carboxylic acids is 1. The Bertz CT molecular complexity index is 195. The number of urea groups is 1. The van der Waals surface area contributed by atoms with Crippen LogP contribution in [0.3, 0.4) is 0 Å². The zero-order valence-electron chi connectivity index (χ0n) is 7.40. The van der Waals surface area contributed by atoms with Crippen molar-refractivity contribution in [3.05, 3.63) is 0 Å². The van der Waals surface area contributed by atoms with Crippen LogP contribution in [0.4, 0.5) is 4.79 Å². The maximum atomic E-state index is 10.8. The Morgan fingerprint density at radius 2 is 2.08 bits per heavy atom. The lowest BCUT2D eigenvalue weighted by Crippen LogP contribution is -2.40. The number of amides is 2. The van der Waals surface area contributed by atoms with Crippen LogP contribution in [0.1, 0.15) is 19.3 Å². The summed E-state index contributed by atoms with van der Waals surface area (Å²) in [5.41, 5.74) is 5.09. The standard InChI is InChI=1S/C8H14N2O3/c9-8(13)10-4-2-1-3-6(5-10)7(11)12/h6H,1-5H2,(H2,9,13)(H,11,12). The lowest BCUT2D eigenvalue weighted by atomic mass is 10.0. The van der Waals surface area contributed by atoms with E-state index in [2.05, 4.69) is 0 Å². The number of aliphatic carboxylic acids is 1. The maximum absolute atomic E-state index is 10.8. The van der Waals surface area contributed by atoms with Crippen LogP contribution in [-0.4, -0.2) is 35.1 Å². The third-order valence-electron chi connectivity index (χ3n) is 2.33. The number of primary amides is 1. The molecule has 0 radical (unpaired) electrons. The number of carbonyl (C=O) groups is 2. The van der Waals surface area contributed by atoms with E-state index in [0.29, 0.717) is 13.0 Å². The molecule has 0 aromatic carbocycles. The van der Waals surface area contributed by atoms with E-state index in [4.69, 9.17) is 10.8 Å². The highest BCUT2D eigenvalue weighted by Crippen LogP contribution is 2.16. The summed E-state index contributed by atoms with van der Waals surface area (Å²) in [6.45, 7) is 0.837. The number of hydrogen-bond donors (Lipinski definition) is 2. The van der Waals surface area contributed by atoms with Crippen molar-refractivity contribution in [3.63, 3.8) is 0 Å². The fraction of sp³-hybridized carbons (Fsp3) is 0.750. The highest BCUT2D eigenvalue weighted by Gasteiger charge is 2.24. The van der Waals surface area contributed by atoms with Crippen LogP contribution < -0.4 is 5.73 Å². The fourth-order valence-electron chi connectivity index (χ4n) is 1.54. The van der Waals surface area contributed by atoms with Gasteiger partial charge in [0.2, 0.25) is 0 Å². The summed E-state index contributed by atoms with van der Waals surface area (Å²) in [5, 5.41) is 8.78. The number of hydrogen-bond acceptors (Lipinski definition) is 2. The molecule has 1 unspecified atom stereocenters. The maximum Gasteiger partial charge on any atom is 0.314 e. The monoisotopic (exact) mass is 186 g/mol. The van der Waals surface area contributed by atoms with E-state index in [-0.39, 0.29) is 6.54 Å². The van der Waals surface area contributed by atoms with Gasteiger partial charge < -0.3 is 15.7 Å². The Kier molecular flexibility index (Phi) is 3.11. The summed E-state index contributed by atoms with van der Waals surface area (Å²) in [5.74, 6) is -1.29. The van der Waals surface area contributed by atoms with Crippen LogP contribution in [0.5, 0.6) is 0 Å². The zero-order valence-corrected chi connectivity index (χ0v) is 7.40. The second kappa shape index (κ2) is 4.11. The van der Waals surface area contributed by atoms with Gasteiger partial charge in [-0.2, -0.15) is 0 Å². The first-order chi connectivity index (χ1) is 6.11. The van der Waals surface area contributed by atoms with E-state index >= 15 is 0 Å². The molecule has 3 N–H and O–H groups in total. The number of carboxylic acid groups (broad SMARTS) is 1. The van der Waals surface area contributed by atoms with Crippen molar-refractivity contribution < 1.29 is 14.7 Å². The molecule has 2 amide bonds. The van der Waals surface area contributed by atoms with Gasteiger partial charge in [0, 0.05) is 13.1 Å². The molecule has 74 valence electrons. The molecule has 1 aliphatic rings. The summed E-state index contributed by atoms with van der Waals surface area (Å²) in [6.07, 6.45) is 2.33. The van der Waals surface area contributed by atoms with Gasteiger partial charge in [0.05, 0.1) is 5.92 Å². The minimum absolute atomic E-state index is 0.255. The number of carboxylic acids is 1. The molecule has 0 bridgehead atoms. The molecule has 5 heteroatoms. The predicted molar refractivity (Wildman–Crippen MR) is 46.1 cm³/mol. The molecule has 0 saturated carbocycles. The van der Waals surface area contributed by atoms with Gasteiger partial charge in [-0.25, -0.2) is 4.79 Å². The van der Waals surface area contributed by atoms with Gasteiger partial charge in [-0.05, 0) is 12.8 Å². The summed E-state index contributed by atoms with van der Waals surface area (Å²) >= 11 is 0. The molecule has 1 rings (SSSR count). The molecule has 0 aromatic rings. The number of rotatable bonds is 1. The highest BCUT2D eigenvalue weighted by molar-refractivity contribution is 5.74. The van der Waals surface area contributed by atoms with Gasteiger partial charge in [0.25, 0.3) is 0 Å². The zero-order chi connectivity index (χ0) is 9.84. The minimum Gasteiger partial charge on any atom is -0.481 e. The summed E-state index contributed by atoms with van der Waals surface area (Å²) in [7, 11) is 0. The van der Waals surface area contributed by atoms with Crippen LogP contribution in [0.2, 0.25) is 0 Å². The van der Waals surface area contributed by atoms with Crippen molar-refractivity contribution in [2.24, 2.45) is 11.7 Å². The average Bonchev–Trinajstić information content (AvgIpc) is 2.28. The van der Waals surface area contributed by atoms with Crippen molar-refractivity contribution in [3.8, 4) is 0 Å². The van der Waals surface area contributed by atoms with Crippen LogP contribution in [-0.2, 0) is 4.79 Å². The molecule has 1 aliphatic heterocycles. The lowest BCUT2D eigenvalue weighted by Gasteiger charge is -2.19. The molecule has 5 nitrogen and oxygen atoms in total. The summed E-state index contributed by atoms with van der Waals surface area (Å²) < 4.78 is 0. The minimum atomic E-state index is -0.840. The number of nitrogens with two attached hydrogens (primary N) is 1. The second-order valence-electron chi connectivity index (χ2n) is 3.32. The first kappa shape index (κ1) is 9.83. The Labute approximate surface area is 76.5 Å². The molecule has 1 saturated heterocycles. The van der Waals surface area contributed by atoms with Gasteiger partial charge in [0.1, 0.15) is 0 Å². The van der Waals surface area contributed by atoms with Crippen molar-refractivity contribution in [1.82, 2.24) is 4.90 Å². The molecule has 0 aliphatic carbocycles. The Hall–Kier alpha value is -1.26. The molecule has 1 heterocycles. The molecule has 1 atom stereocenters. The van der Waals surface area contributed by atoms with Gasteiger partial charge >= 0.3 is 12.0 Å². The van der Waals surface area contributed by atoms with Crippen molar-refractivity contribution >= 4 is 12.0 Å². The molecule has 0 spiro atoms. The van der Waals surface area contributed by atoms with Crippen molar-refractivity contribution in [1.29, 1.82) is 0 Å². The molecule has 13 heavy (non-hydrogen) atoms. The normalized spacial score (nSPS) is 23.7. The van der Waals surface area contributed by atoms with Gasteiger partial charge in [-0.15, -0.1) is 0 Å². The first-order valence-corrected chi connectivity index (χ1v) is 4.38. The van der Waals surface area contributed by atoms with Crippen molar-refractivity contribution in [2.75, 3.05) is 13.1 Å². The molecule has 0 aromatic heterocycles. The van der Waals surface area contributed by atoms with E-state index in [1.807, 2.05) is 0 Å². The molecule has 1 fully saturated rings. The number of nitrogens with zero attached hydrogens (tertiary/aromatic N) is 1. The highest BCUT2D eigenvalue weighted by atomic mass is 16.4. The summed E-state index contributed by atoms with van der Waals surface area (Å²) in [4.78, 5) is 22.9. The Morgan fingerprint density at radius 3 is 2.62 bits per heavy atom. The van der Waals surface area contributed by atoms with E-state index in [1.54, 1.807) is 0 Å². The van der Waals surface area contributed by atoms with Crippen LogP contribution in [0.25, 0.3) is 0 Å². The topological polar surface area (TPSA) is 83.6 Å². The quantitative estimate of drug-likeness (QED) is 0.615. The molecular formula is C8H14N2O3. The van der Waals surface area contributed by atoms with Crippen LogP contribution >= 0.6 is 0 Å². The van der Waals surface area contributed by atoms with Crippen LogP contribution in [0, 0.1) is 5.92 Å². The first-order valence-electron chi connectivity index (χ1n) is 4.38. The predicted octanol–water partition coefficient (Wildman–Crippen LogP) is 0.252. The average molecular weight is 186 g/mol.